The van der Waals surface area contributed by atoms with Crippen molar-refractivity contribution in [1.29, 1.82) is 0 Å². The maximum atomic E-state index is 12.5. The number of nitrogens with zero attached hydrogens (tertiary/aromatic N) is 4. The van der Waals surface area contributed by atoms with Gasteiger partial charge in [0, 0.05) is 32.6 Å². The van der Waals surface area contributed by atoms with Gasteiger partial charge in [-0.25, -0.2) is 9.97 Å². The number of thiophene rings is 1. The Kier molecular flexibility index (Phi) is 4.07. The Bertz CT molecular complexity index is 809. The van der Waals surface area contributed by atoms with Crippen molar-refractivity contribution in [2.45, 2.75) is 25.7 Å². The second kappa shape index (κ2) is 6.25. The third kappa shape index (κ3) is 2.84. The summed E-state index contributed by atoms with van der Waals surface area (Å²) >= 11 is 1.59. The Morgan fingerprint density at radius 2 is 1.96 bits per heavy atom. The fourth-order valence-corrected chi connectivity index (χ4v) is 4.40. The summed E-state index contributed by atoms with van der Waals surface area (Å²) in [6, 6.07) is 2.03. The molecule has 2 aliphatic rings. The van der Waals surface area contributed by atoms with Gasteiger partial charge in [-0.1, -0.05) is 6.42 Å². The topological polar surface area (TPSA) is 86.6 Å². The smallest absolute Gasteiger partial charge is 0.310 e. The molecule has 0 spiro atoms. The first-order valence-corrected chi connectivity index (χ1v) is 9.41. The standard InChI is InChI=1S/C17H20N4O3S/c22-13(10-17(16(23)24)3-1-4-17)20-5-7-21(8-6-20)14-12-2-9-25-15(12)19-11-18-14/h2,9,11H,1,3-8,10H2,(H,23,24). The average Bonchev–Trinajstić information content (AvgIpc) is 3.06. The number of aliphatic carboxylic acids is 1. The van der Waals surface area contributed by atoms with E-state index in [-0.39, 0.29) is 12.3 Å². The predicted octanol–water partition coefficient (Wildman–Crippen LogP) is 1.98. The molecule has 1 saturated carbocycles. The fourth-order valence-electron chi connectivity index (χ4n) is 3.67. The minimum Gasteiger partial charge on any atom is -0.481 e. The number of anilines is 1. The van der Waals surface area contributed by atoms with Gasteiger partial charge in [-0.2, -0.15) is 0 Å². The van der Waals surface area contributed by atoms with Crippen molar-refractivity contribution in [3.8, 4) is 0 Å². The molecule has 7 nitrogen and oxygen atoms in total. The number of hydrogen-bond acceptors (Lipinski definition) is 6. The monoisotopic (exact) mass is 360 g/mol. The number of rotatable bonds is 4. The Balaban J connectivity index is 1.41. The van der Waals surface area contributed by atoms with E-state index in [1.165, 1.54) is 0 Å². The summed E-state index contributed by atoms with van der Waals surface area (Å²) in [7, 11) is 0. The molecule has 2 fully saturated rings. The van der Waals surface area contributed by atoms with Gasteiger partial charge in [-0.15, -0.1) is 11.3 Å². The van der Waals surface area contributed by atoms with Gasteiger partial charge < -0.3 is 14.9 Å². The normalized spacial score (nSPS) is 19.7. The number of piperazine rings is 1. The van der Waals surface area contributed by atoms with E-state index in [1.54, 1.807) is 22.6 Å². The van der Waals surface area contributed by atoms with Gasteiger partial charge in [0.15, 0.2) is 0 Å². The minimum atomic E-state index is -0.827. The number of carbonyl (C=O) groups excluding carboxylic acids is 1. The second-order valence-corrected chi connectivity index (χ2v) is 7.71. The van der Waals surface area contributed by atoms with Crippen molar-refractivity contribution in [3.05, 3.63) is 17.8 Å². The summed E-state index contributed by atoms with van der Waals surface area (Å²) in [6.07, 6.45) is 3.84. The van der Waals surface area contributed by atoms with Crippen LogP contribution >= 0.6 is 11.3 Å². The lowest BCUT2D eigenvalue weighted by atomic mass is 9.66. The third-order valence-electron chi connectivity index (χ3n) is 5.43. The molecule has 25 heavy (non-hydrogen) atoms. The SMILES string of the molecule is O=C(CC1(C(=O)O)CCC1)N1CCN(c2ncnc3sccc23)CC1. The van der Waals surface area contributed by atoms with E-state index in [9.17, 15) is 14.7 Å². The number of carboxylic acid groups (broad SMARTS) is 1. The van der Waals surface area contributed by atoms with Gasteiger partial charge in [0.25, 0.3) is 0 Å². The summed E-state index contributed by atoms with van der Waals surface area (Å²) in [5.74, 6) is 0.0519. The van der Waals surface area contributed by atoms with E-state index < -0.39 is 11.4 Å². The van der Waals surface area contributed by atoms with E-state index in [0.717, 1.165) is 22.5 Å². The molecule has 0 unspecified atom stereocenters. The zero-order valence-electron chi connectivity index (χ0n) is 13.8. The lowest BCUT2D eigenvalue weighted by Gasteiger charge is -2.40. The highest BCUT2D eigenvalue weighted by Crippen LogP contribution is 2.44. The molecule has 1 amide bonds. The third-order valence-corrected chi connectivity index (χ3v) is 6.25. The summed E-state index contributed by atoms with van der Waals surface area (Å²) in [5, 5.41) is 12.5. The summed E-state index contributed by atoms with van der Waals surface area (Å²) in [5.41, 5.74) is -0.816. The van der Waals surface area contributed by atoms with Gasteiger partial charge in [0.2, 0.25) is 5.91 Å². The lowest BCUT2D eigenvalue weighted by molar-refractivity contribution is -0.159. The maximum absolute atomic E-state index is 12.5. The Morgan fingerprint density at radius 1 is 1.20 bits per heavy atom. The Hall–Kier alpha value is -2.22. The van der Waals surface area contributed by atoms with E-state index >= 15 is 0 Å². The molecule has 4 rings (SSSR count). The van der Waals surface area contributed by atoms with Crippen molar-refractivity contribution < 1.29 is 14.7 Å². The molecule has 0 radical (unpaired) electrons. The molecule has 1 aliphatic heterocycles. The molecule has 0 aromatic carbocycles. The second-order valence-electron chi connectivity index (χ2n) is 6.82. The summed E-state index contributed by atoms with van der Waals surface area (Å²) < 4.78 is 0. The van der Waals surface area contributed by atoms with Crippen LogP contribution in [0.25, 0.3) is 10.2 Å². The number of hydrogen-bond donors (Lipinski definition) is 1. The number of amides is 1. The molecule has 0 bridgehead atoms. The molecule has 2 aromatic heterocycles. The van der Waals surface area contributed by atoms with E-state index in [1.807, 2.05) is 11.4 Å². The molecular weight excluding hydrogens is 340 g/mol. The average molecular weight is 360 g/mol. The van der Waals surface area contributed by atoms with Crippen LogP contribution in [-0.4, -0.2) is 58.0 Å². The summed E-state index contributed by atoms with van der Waals surface area (Å²) in [6.45, 7) is 2.61. The highest BCUT2D eigenvalue weighted by molar-refractivity contribution is 7.16. The largest absolute Gasteiger partial charge is 0.481 e. The molecule has 2 aromatic rings. The Morgan fingerprint density at radius 3 is 2.60 bits per heavy atom. The van der Waals surface area contributed by atoms with Gasteiger partial charge in [-0.3, -0.25) is 9.59 Å². The molecule has 1 saturated heterocycles. The number of carboxylic acids is 1. The van der Waals surface area contributed by atoms with E-state index in [0.29, 0.717) is 39.0 Å². The van der Waals surface area contributed by atoms with Crippen LogP contribution < -0.4 is 4.90 Å². The lowest BCUT2D eigenvalue weighted by Crippen LogP contribution is -2.51. The van der Waals surface area contributed by atoms with Gasteiger partial charge in [0.1, 0.15) is 17.0 Å². The zero-order valence-corrected chi connectivity index (χ0v) is 14.7. The molecule has 3 heterocycles. The van der Waals surface area contributed by atoms with Crippen LogP contribution in [-0.2, 0) is 9.59 Å². The van der Waals surface area contributed by atoms with Crippen LogP contribution in [0.1, 0.15) is 25.7 Å². The number of fused-ring (bicyclic) bond motifs is 1. The first-order valence-electron chi connectivity index (χ1n) is 8.53. The van der Waals surface area contributed by atoms with Gasteiger partial charge in [-0.05, 0) is 24.3 Å². The van der Waals surface area contributed by atoms with Crippen LogP contribution in [0, 0.1) is 5.41 Å². The molecular formula is C17H20N4O3S. The van der Waals surface area contributed by atoms with Crippen molar-refractivity contribution in [3.63, 3.8) is 0 Å². The molecule has 8 heteroatoms. The first kappa shape index (κ1) is 16.3. The van der Waals surface area contributed by atoms with Crippen molar-refractivity contribution in [2.24, 2.45) is 5.41 Å². The molecule has 1 N–H and O–H groups in total. The highest BCUT2D eigenvalue weighted by atomic mass is 32.1. The molecule has 132 valence electrons. The van der Waals surface area contributed by atoms with Crippen molar-refractivity contribution >= 4 is 39.2 Å². The van der Waals surface area contributed by atoms with Crippen LogP contribution in [0.4, 0.5) is 5.82 Å². The molecule has 0 atom stereocenters. The maximum Gasteiger partial charge on any atom is 0.310 e. The van der Waals surface area contributed by atoms with Crippen LogP contribution in [0.5, 0.6) is 0 Å². The van der Waals surface area contributed by atoms with E-state index in [4.69, 9.17) is 0 Å². The van der Waals surface area contributed by atoms with Gasteiger partial charge >= 0.3 is 5.97 Å². The van der Waals surface area contributed by atoms with Crippen molar-refractivity contribution in [2.75, 3.05) is 31.1 Å². The predicted molar refractivity (Wildman–Crippen MR) is 94.7 cm³/mol. The zero-order chi connectivity index (χ0) is 17.4. The van der Waals surface area contributed by atoms with Gasteiger partial charge in [0.05, 0.1) is 10.8 Å². The number of aromatic nitrogens is 2. The quantitative estimate of drug-likeness (QED) is 0.897. The van der Waals surface area contributed by atoms with E-state index in [2.05, 4.69) is 14.9 Å². The first-order chi connectivity index (χ1) is 12.1. The highest BCUT2D eigenvalue weighted by Gasteiger charge is 2.46. The molecule has 1 aliphatic carbocycles. The van der Waals surface area contributed by atoms with Crippen LogP contribution in [0.3, 0.4) is 0 Å². The van der Waals surface area contributed by atoms with Crippen LogP contribution in [0.2, 0.25) is 0 Å². The fraction of sp³-hybridized carbons (Fsp3) is 0.529. The van der Waals surface area contributed by atoms with Crippen LogP contribution in [0.15, 0.2) is 17.8 Å². The summed E-state index contributed by atoms with van der Waals surface area (Å²) in [4.78, 5) is 37.6. The minimum absolute atomic E-state index is 0.0369. The van der Waals surface area contributed by atoms with Crippen molar-refractivity contribution in [1.82, 2.24) is 14.9 Å². The Labute approximate surface area is 149 Å². The number of carbonyl (C=O) groups is 2.